The predicted molar refractivity (Wildman–Crippen MR) is 107 cm³/mol. The fourth-order valence-corrected chi connectivity index (χ4v) is 2.64. The number of carbonyl (C=O) groups excluding carboxylic acids is 2. The highest BCUT2D eigenvalue weighted by molar-refractivity contribution is 6.01. The Labute approximate surface area is 168 Å². The van der Waals surface area contributed by atoms with Crippen molar-refractivity contribution in [3.05, 3.63) is 89.2 Å². The molecule has 0 aliphatic rings. The lowest BCUT2D eigenvalue weighted by Gasteiger charge is -2.04. The van der Waals surface area contributed by atoms with Gasteiger partial charge in [-0.05, 0) is 29.8 Å². The number of ether oxygens (including phenoxy) is 1. The Morgan fingerprint density at radius 3 is 2.45 bits per heavy atom. The van der Waals surface area contributed by atoms with E-state index in [2.05, 4.69) is 10.1 Å². The van der Waals surface area contributed by atoms with E-state index in [0.29, 0.717) is 23.6 Å². The van der Waals surface area contributed by atoms with Crippen molar-refractivity contribution in [3.63, 3.8) is 0 Å². The molecule has 144 valence electrons. The van der Waals surface area contributed by atoms with Crippen molar-refractivity contribution < 1.29 is 18.7 Å². The summed E-state index contributed by atoms with van der Waals surface area (Å²) in [4.78, 5) is 23.8. The highest BCUT2D eigenvalue weighted by Gasteiger charge is 2.11. The van der Waals surface area contributed by atoms with Crippen LogP contribution < -0.4 is 5.32 Å². The van der Waals surface area contributed by atoms with Gasteiger partial charge in [0.15, 0.2) is 0 Å². The van der Waals surface area contributed by atoms with E-state index in [0.717, 1.165) is 11.1 Å². The largest absolute Gasteiger partial charge is 0.465 e. The van der Waals surface area contributed by atoms with Crippen molar-refractivity contribution in [3.8, 4) is 17.4 Å². The fourth-order valence-electron chi connectivity index (χ4n) is 2.64. The van der Waals surface area contributed by atoms with E-state index < -0.39 is 11.9 Å². The van der Waals surface area contributed by atoms with Crippen LogP contribution in [-0.4, -0.2) is 19.0 Å². The molecule has 0 saturated heterocycles. The van der Waals surface area contributed by atoms with E-state index in [9.17, 15) is 14.9 Å². The minimum Gasteiger partial charge on any atom is -0.465 e. The minimum absolute atomic E-state index is 0.0529. The first kappa shape index (κ1) is 19.6. The Morgan fingerprint density at radius 1 is 1.07 bits per heavy atom. The molecule has 1 heterocycles. The van der Waals surface area contributed by atoms with Crippen LogP contribution in [-0.2, 0) is 16.1 Å². The lowest BCUT2D eigenvalue weighted by molar-refractivity contribution is -0.117. The molecule has 0 aliphatic carbocycles. The number of rotatable bonds is 6. The minimum atomic E-state index is -0.475. The lowest BCUT2D eigenvalue weighted by Crippen LogP contribution is -2.23. The monoisotopic (exact) mass is 386 g/mol. The number of nitrogens with zero attached hydrogens (tertiary/aromatic N) is 1. The summed E-state index contributed by atoms with van der Waals surface area (Å²) >= 11 is 0. The number of carbonyl (C=O) groups is 2. The van der Waals surface area contributed by atoms with Gasteiger partial charge in [-0.25, -0.2) is 4.79 Å². The van der Waals surface area contributed by atoms with E-state index in [1.807, 2.05) is 36.4 Å². The van der Waals surface area contributed by atoms with Gasteiger partial charge in [0.1, 0.15) is 23.2 Å². The van der Waals surface area contributed by atoms with Crippen LogP contribution in [0.5, 0.6) is 0 Å². The third kappa shape index (κ3) is 4.99. The first-order valence-corrected chi connectivity index (χ1v) is 8.83. The molecular weight excluding hydrogens is 368 g/mol. The molecule has 0 unspecified atom stereocenters. The van der Waals surface area contributed by atoms with Gasteiger partial charge in [-0.2, -0.15) is 5.26 Å². The van der Waals surface area contributed by atoms with Gasteiger partial charge in [0, 0.05) is 18.2 Å². The van der Waals surface area contributed by atoms with E-state index in [1.54, 1.807) is 36.4 Å². The molecule has 0 saturated carbocycles. The van der Waals surface area contributed by atoms with E-state index in [1.165, 1.54) is 13.2 Å². The van der Waals surface area contributed by atoms with Crippen LogP contribution in [0.1, 0.15) is 21.7 Å². The fraction of sp³-hybridized carbons (Fsp3) is 0.0870. The van der Waals surface area contributed by atoms with E-state index >= 15 is 0 Å². The number of furan rings is 1. The maximum atomic E-state index is 12.3. The van der Waals surface area contributed by atoms with Crippen molar-refractivity contribution in [2.24, 2.45) is 0 Å². The molecule has 6 heteroatoms. The zero-order valence-corrected chi connectivity index (χ0v) is 15.7. The van der Waals surface area contributed by atoms with Crippen molar-refractivity contribution in [1.82, 2.24) is 5.32 Å². The second-order valence-electron chi connectivity index (χ2n) is 6.11. The van der Waals surface area contributed by atoms with Gasteiger partial charge in [0.25, 0.3) is 5.91 Å². The molecule has 0 spiro atoms. The smallest absolute Gasteiger partial charge is 0.337 e. The quantitative estimate of drug-likeness (QED) is 0.393. The molecular formula is C23H18N2O4. The normalized spacial score (nSPS) is 10.8. The molecule has 1 N–H and O–H groups in total. The topological polar surface area (TPSA) is 92.3 Å². The maximum Gasteiger partial charge on any atom is 0.337 e. The van der Waals surface area contributed by atoms with Crippen molar-refractivity contribution in [1.29, 1.82) is 5.26 Å². The number of nitriles is 1. The van der Waals surface area contributed by atoms with Crippen molar-refractivity contribution in [2.75, 3.05) is 7.11 Å². The molecule has 1 amide bonds. The zero-order chi connectivity index (χ0) is 20.6. The summed E-state index contributed by atoms with van der Waals surface area (Å²) in [5.41, 5.74) is 2.07. The average molecular weight is 386 g/mol. The van der Waals surface area contributed by atoms with Gasteiger partial charge in [0.2, 0.25) is 0 Å². The first-order valence-electron chi connectivity index (χ1n) is 8.83. The summed E-state index contributed by atoms with van der Waals surface area (Å²) < 4.78 is 10.4. The van der Waals surface area contributed by atoms with Crippen LogP contribution in [0.25, 0.3) is 17.4 Å². The van der Waals surface area contributed by atoms with Crippen LogP contribution in [0.15, 0.2) is 76.7 Å². The number of benzene rings is 2. The number of hydrogen-bond donors (Lipinski definition) is 1. The molecule has 0 atom stereocenters. The van der Waals surface area contributed by atoms with Gasteiger partial charge < -0.3 is 14.5 Å². The molecule has 3 rings (SSSR count). The molecule has 0 bridgehead atoms. The van der Waals surface area contributed by atoms with Crippen LogP contribution in [0.4, 0.5) is 0 Å². The molecule has 2 aromatic carbocycles. The van der Waals surface area contributed by atoms with Crippen LogP contribution >= 0.6 is 0 Å². The summed E-state index contributed by atoms with van der Waals surface area (Å²) in [6.45, 7) is 0.328. The molecule has 29 heavy (non-hydrogen) atoms. The number of methoxy groups -OCH3 is 1. The summed E-state index contributed by atoms with van der Waals surface area (Å²) in [6.07, 6.45) is 1.40. The Morgan fingerprint density at radius 2 is 1.79 bits per heavy atom. The standard InChI is InChI=1S/C23H18N2O4/c1-28-23(27)18-9-7-17(8-10-18)21-12-11-20(29-21)13-19(14-24)22(26)25-15-16-5-3-2-4-6-16/h2-13H,15H2,1H3,(H,25,26)/b19-13-. The molecule has 1 aromatic heterocycles. The number of nitrogens with one attached hydrogen (secondary N) is 1. The summed E-state index contributed by atoms with van der Waals surface area (Å²) in [7, 11) is 1.32. The molecule has 3 aromatic rings. The summed E-state index contributed by atoms with van der Waals surface area (Å²) in [5, 5.41) is 12.0. The molecule has 0 aliphatic heterocycles. The SMILES string of the molecule is COC(=O)c1ccc(-c2ccc(/C=C(/C#N)C(=O)NCc3ccccc3)o2)cc1. The zero-order valence-electron chi connectivity index (χ0n) is 15.7. The van der Waals surface area contributed by atoms with Gasteiger partial charge in [0.05, 0.1) is 12.7 Å². The molecule has 6 nitrogen and oxygen atoms in total. The van der Waals surface area contributed by atoms with Gasteiger partial charge in [-0.3, -0.25) is 4.79 Å². The Balaban J connectivity index is 1.71. The highest BCUT2D eigenvalue weighted by Crippen LogP contribution is 2.24. The Bertz CT molecular complexity index is 1070. The van der Waals surface area contributed by atoms with Crippen LogP contribution in [0.2, 0.25) is 0 Å². The van der Waals surface area contributed by atoms with Gasteiger partial charge in [-0.1, -0.05) is 42.5 Å². The second-order valence-corrected chi connectivity index (χ2v) is 6.11. The molecule has 0 fully saturated rings. The van der Waals surface area contributed by atoms with Crippen LogP contribution in [0.3, 0.4) is 0 Å². The van der Waals surface area contributed by atoms with E-state index in [-0.39, 0.29) is 5.57 Å². The summed E-state index contributed by atoms with van der Waals surface area (Å²) in [5.74, 6) is 0.0367. The summed E-state index contributed by atoms with van der Waals surface area (Å²) in [6, 6.07) is 21.5. The third-order valence-corrected chi connectivity index (χ3v) is 4.16. The lowest BCUT2D eigenvalue weighted by atomic mass is 10.1. The van der Waals surface area contributed by atoms with Crippen molar-refractivity contribution in [2.45, 2.75) is 6.54 Å². The average Bonchev–Trinajstić information content (AvgIpc) is 3.24. The second kappa shape index (κ2) is 9.20. The van der Waals surface area contributed by atoms with Crippen molar-refractivity contribution >= 4 is 18.0 Å². The molecule has 0 radical (unpaired) electrons. The number of hydrogen-bond acceptors (Lipinski definition) is 5. The number of esters is 1. The number of amides is 1. The predicted octanol–water partition coefficient (Wildman–Crippen LogP) is 3.96. The third-order valence-electron chi connectivity index (χ3n) is 4.16. The Kier molecular flexibility index (Phi) is 6.23. The van der Waals surface area contributed by atoms with E-state index in [4.69, 9.17) is 4.42 Å². The Hall–Kier alpha value is -4.11. The van der Waals surface area contributed by atoms with Gasteiger partial charge in [-0.15, -0.1) is 0 Å². The first-order chi connectivity index (χ1) is 14.1. The highest BCUT2D eigenvalue weighted by atomic mass is 16.5. The van der Waals surface area contributed by atoms with Crippen LogP contribution in [0, 0.1) is 11.3 Å². The maximum absolute atomic E-state index is 12.3. The van der Waals surface area contributed by atoms with Gasteiger partial charge >= 0.3 is 5.97 Å².